The summed E-state index contributed by atoms with van der Waals surface area (Å²) in [6.07, 6.45) is 0.646. The molecule has 0 saturated carbocycles. The van der Waals surface area contributed by atoms with E-state index in [9.17, 15) is 9.90 Å². The SMILES string of the molecule is O=C(NC[C@H](O)c1ccco1)[C@H]1COc2ccccc21. The van der Waals surface area contributed by atoms with Crippen LogP contribution in [0.2, 0.25) is 0 Å². The molecule has 2 heterocycles. The molecule has 20 heavy (non-hydrogen) atoms. The molecule has 1 amide bonds. The zero-order valence-electron chi connectivity index (χ0n) is 10.8. The van der Waals surface area contributed by atoms with Crippen LogP contribution in [0.5, 0.6) is 5.75 Å². The van der Waals surface area contributed by atoms with Gasteiger partial charge in [-0.05, 0) is 18.2 Å². The lowest BCUT2D eigenvalue weighted by atomic mass is 10.0. The molecule has 0 unspecified atom stereocenters. The standard InChI is InChI=1S/C15H15NO4/c17-12(14-6-3-7-19-14)8-16-15(18)11-9-20-13-5-2-1-4-10(11)13/h1-7,11-12,17H,8-9H2,(H,16,18)/t11-,12-/m0/s1. The summed E-state index contributed by atoms with van der Waals surface area (Å²) < 4.78 is 10.6. The average Bonchev–Trinajstić information content (AvgIpc) is 3.13. The number of rotatable bonds is 4. The molecule has 0 saturated heterocycles. The molecule has 104 valence electrons. The molecule has 2 aromatic rings. The van der Waals surface area contributed by atoms with E-state index in [0.29, 0.717) is 12.4 Å². The number of aliphatic hydroxyl groups is 1. The molecule has 1 aliphatic heterocycles. The van der Waals surface area contributed by atoms with Crippen molar-refractivity contribution in [1.82, 2.24) is 5.32 Å². The van der Waals surface area contributed by atoms with Gasteiger partial charge < -0.3 is 19.6 Å². The van der Waals surface area contributed by atoms with Crippen LogP contribution in [0, 0.1) is 0 Å². The van der Waals surface area contributed by atoms with Crippen LogP contribution in [0.1, 0.15) is 23.3 Å². The van der Waals surface area contributed by atoms with Gasteiger partial charge >= 0.3 is 0 Å². The van der Waals surface area contributed by atoms with E-state index in [1.54, 1.807) is 12.1 Å². The maximum Gasteiger partial charge on any atom is 0.231 e. The number of nitrogens with one attached hydrogen (secondary N) is 1. The molecule has 1 aliphatic rings. The summed E-state index contributed by atoms with van der Waals surface area (Å²) in [4.78, 5) is 12.1. The van der Waals surface area contributed by atoms with E-state index in [2.05, 4.69) is 5.32 Å². The van der Waals surface area contributed by atoms with E-state index in [4.69, 9.17) is 9.15 Å². The van der Waals surface area contributed by atoms with Crippen LogP contribution in [0.15, 0.2) is 47.1 Å². The number of para-hydroxylation sites is 1. The quantitative estimate of drug-likeness (QED) is 0.887. The first kappa shape index (κ1) is 12.7. The number of fused-ring (bicyclic) bond motifs is 1. The molecule has 0 bridgehead atoms. The van der Waals surface area contributed by atoms with Gasteiger partial charge in [-0.2, -0.15) is 0 Å². The van der Waals surface area contributed by atoms with Crippen molar-refractivity contribution in [3.05, 3.63) is 54.0 Å². The molecule has 5 heteroatoms. The minimum atomic E-state index is -0.841. The number of aliphatic hydroxyl groups excluding tert-OH is 1. The Morgan fingerprint density at radius 3 is 3.00 bits per heavy atom. The molecule has 0 radical (unpaired) electrons. The fraction of sp³-hybridized carbons (Fsp3) is 0.267. The van der Waals surface area contributed by atoms with Crippen LogP contribution < -0.4 is 10.1 Å². The molecule has 1 aromatic carbocycles. The lowest BCUT2D eigenvalue weighted by Gasteiger charge is -2.12. The van der Waals surface area contributed by atoms with Gasteiger partial charge in [-0.15, -0.1) is 0 Å². The fourth-order valence-corrected chi connectivity index (χ4v) is 2.28. The minimum Gasteiger partial charge on any atom is -0.492 e. The monoisotopic (exact) mass is 273 g/mol. The number of carbonyl (C=O) groups excluding carboxylic acids is 1. The van der Waals surface area contributed by atoms with E-state index >= 15 is 0 Å². The first-order chi connectivity index (χ1) is 9.75. The van der Waals surface area contributed by atoms with Crippen molar-refractivity contribution in [2.75, 3.05) is 13.2 Å². The second-order valence-electron chi connectivity index (χ2n) is 4.68. The maximum atomic E-state index is 12.1. The fourth-order valence-electron chi connectivity index (χ4n) is 2.28. The number of amides is 1. The Labute approximate surface area is 116 Å². The van der Waals surface area contributed by atoms with Gasteiger partial charge in [0.15, 0.2) is 0 Å². The van der Waals surface area contributed by atoms with Crippen molar-refractivity contribution in [3.63, 3.8) is 0 Å². The van der Waals surface area contributed by atoms with Crippen molar-refractivity contribution in [1.29, 1.82) is 0 Å². The molecular formula is C15H15NO4. The number of furan rings is 1. The van der Waals surface area contributed by atoms with Crippen molar-refractivity contribution in [3.8, 4) is 5.75 Å². The Kier molecular flexibility index (Phi) is 3.43. The highest BCUT2D eigenvalue weighted by Gasteiger charge is 2.30. The summed E-state index contributed by atoms with van der Waals surface area (Å²) in [5.41, 5.74) is 0.887. The topological polar surface area (TPSA) is 71.7 Å². The Morgan fingerprint density at radius 1 is 1.35 bits per heavy atom. The molecular weight excluding hydrogens is 258 g/mol. The second-order valence-corrected chi connectivity index (χ2v) is 4.68. The number of carbonyl (C=O) groups is 1. The Hall–Kier alpha value is -2.27. The Balaban J connectivity index is 1.61. The molecule has 2 atom stereocenters. The van der Waals surface area contributed by atoms with Crippen LogP contribution in [-0.2, 0) is 4.79 Å². The summed E-state index contributed by atoms with van der Waals surface area (Å²) in [5.74, 6) is 0.711. The third kappa shape index (κ3) is 2.40. The van der Waals surface area contributed by atoms with Gasteiger partial charge in [0.05, 0.1) is 12.8 Å². The van der Waals surface area contributed by atoms with E-state index in [1.165, 1.54) is 6.26 Å². The highest BCUT2D eigenvalue weighted by Crippen LogP contribution is 2.33. The van der Waals surface area contributed by atoms with E-state index < -0.39 is 6.10 Å². The normalized spacial score (nSPS) is 18.1. The zero-order chi connectivity index (χ0) is 13.9. The highest BCUT2D eigenvalue weighted by molar-refractivity contribution is 5.85. The first-order valence-electron chi connectivity index (χ1n) is 6.46. The predicted molar refractivity (Wildman–Crippen MR) is 71.4 cm³/mol. The van der Waals surface area contributed by atoms with Crippen molar-refractivity contribution >= 4 is 5.91 Å². The lowest BCUT2D eigenvalue weighted by Crippen LogP contribution is -2.33. The third-order valence-electron chi connectivity index (χ3n) is 3.36. The van der Waals surface area contributed by atoms with Gasteiger partial charge in [-0.1, -0.05) is 18.2 Å². The summed E-state index contributed by atoms with van der Waals surface area (Å²) in [6.45, 7) is 0.451. The van der Waals surface area contributed by atoms with E-state index in [-0.39, 0.29) is 18.4 Å². The summed E-state index contributed by atoms with van der Waals surface area (Å²) in [7, 11) is 0. The zero-order valence-corrected chi connectivity index (χ0v) is 10.8. The van der Waals surface area contributed by atoms with Gasteiger partial charge in [0.1, 0.15) is 30.1 Å². The molecule has 2 N–H and O–H groups in total. The summed E-state index contributed by atoms with van der Waals surface area (Å²) >= 11 is 0. The molecule has 5 nitrogen and oxygen atoms in total. The summed E-state index contributed by atoms with van der Waals surface area (Å²) in [5, 5.41) is 12.6. The smallest absolute Gasteiger partial charge is 0.231 e. The van der Waals surface area contributed by atoms with Gasteiger partial charge in [-0.3, -0.25) is 4.79 Å². The van der Waals surface area contributed by atoms with Crippen LogP contribution in [0.4, 0.5) is 0 Å². The van der Waals surface area contributed by atoms with E-state index in [0.717, 1.165) is 11.3 Å². The highest BCUT2D eigenvalue weighted by atomic mass is 16.5. The van der Waals surface area contributed by atoms with Crippen LogP contribution in [0.25, 0.3) is 0 Å². The molecule has 0 aliphatic carbocycles. The number of hydrogen-bond acceptors (Lipinski definition) is 4. The molecule has 3 rings (SSSR count). The van der Waals surface area contributed by atoms with Crippen LogP contribution in [-0.4, -0.2) is 24.2 Å². The van der Waals surface area contributed by atoms with Gasteiger partial charge in [0, 0.05) is 5.56 Å². The second kappa shape index (κ2) is 5.38. The van der Waals surface area contributed by atoms with Gasteiger partial charge in [-0.25, -0.2) is 0 Å². The number of hydrogen-bond donors (Lipinski definition) is 2. The molecule has 1 aromatic heterocycles. The van der Waals surface area contributed by atoms with Crippen molar-refractivity contribution in [2.45, 2.75) is 12.0 Å². The van der Waals surface area contributed by atoms with Crippen molar-refractivity contribution in [2.24, 2.45) is 0 Å². The summed E-state index contributed by atoms with van der Waals surface area (Å²) in [6, 6.07) is 10.9. The molecule has 0 fully saturated rings. The molecule has 0 spiro atoms. The number of benzene rings is 1. The predicted octanol–water partition coefficient (Wildman–Crippen LogP) is 1.61. The maximum absolute atomic E-state index is 12.1. The average molecular weight is 273 g/mol. The lowest BCUT2D eigenvalue weighted by molar-refractivity contribution is -0.123. The van der Waals surface area contributed by atoms with Crippen LogP contribution in [0.3, 0.4) is 0 Å². The third-order valence-corrected chi connectivity index (χ3v) is 3.36. The number of ether oxygens (including phenoxy) is 1. The van der Waals surface area contributed by atoms with E-state index in [1.807, 2.05) is 24.3 Å². The first-order valence-corrected chi connectivity index (χ1v) is 6.46. The van der Waals surface area contributed by atoms with Crippen LogP contribution >= 0.6 is 0 Å². The van der Waals surface area contributed by atoms with Gasteiger partial charge in [0.2, 0.25) is 5.91 Å². The largest absolute Gasteiger partial charge is 0.492 e. The van der Waals surface area contributed by atoms with Gasteiger partial charge in [0.25, 0.3) is 0 Å². The Bertz CT molecular complexity index is 594. The van der Waals surface area contributed by atoms with Crippen molar-refractivity contribution < 1.29 is 19.1 Å². The minimum absolute atomic E-state index is 0.116. The Morgan fingerprint density at radius 2 is 2.20 bits per heavy atom.